The van der Waals surface area contributed by atoms with E-state index in [1.54, 1.807) is 12.1 Å². The summed E-state index contributed by atoms with van der Waals surface area (Å²) in [7, 11) is 2.05. The van der Waals surface area contributed by atoms with Gasteiger partial charge in [0.05, 0.1) is 0 Å². The zero-order chi connectivity index (χ0) is 31.4. The molecule has 0 aromatic heterocycles. The number of ketones is 1. The summed E-state index contributed by atoms with van der Waals surface area (Å²) in [6, 6.07) is 5.38. The summed E-state index contributed by atoms with van der Waals surface area (Å²) in [5.41, 5.74) is 1.53. The predicted molar refractivity (Wildman–Crippen MR) is 156 cm³/mol. The van der Waals surface area contributed by atoms with Gasteiger partial charge in [0, 0.05) is 24.2 Å². The number of unbranched alkanes of at least 4 members (excludes halogenated alkanes) is 7. The van der Waals surface area contributed by atoms with Crippen molar-refractivity contribution >= 4 is 5.78 Å². The van der Waals surface area contributed by atoms with Crippen LogP contribution in [0.25, 0.3) is 0 Å². The minimum absolute atomic E-state index is 0.119. The van der Waals surface area contributed by atoms with E-state index in [2.05, 4.69) is 11.9 Å². The maximum Gasteiger partial charge on any atom is 0.453 e. The van der Waals surface area contributed by atoms with E-state index in [-0.39, 0.29) is 35.7 Å². The molecule has 2 saturated carbocycles. The van der Waals surface area contributed by atoms with Crippen molar-refractivity contribution in [3.05, 3.63) is 29.3 Å². The first-order valence-corrected chi connectivity index (χ1v) is 16.4. The molecule has 1 N–H and O–H groups in total. The molecule has 0 heterocycles. The van der Waals surface area contributed by atoms with E-state index >= 15 is 4.39 Å². The van der Waals surface area contributed by atoms with Crippen molar-refractivity contribution in [1.82, 2.24) is 4.90 Å². The molecule has 1 aromatic rings. The second-order valence-electron chi connectivity index (χ2n) is 13.9. The van der Waals surface area contributed by atoms with E-state index in [1.807, 2.05) is 13.0 Å². The average Bonchev–Trinajstić information content (AvgIpc) is 3.22. The molecule has 1 aromatic carbocycles. The smallest absolute Gasteiger partial charge is 0.453 e. The van der Waals surface area contributed by atoms with Crippen LogP contribution in [0.3, 0.4) is 0 Å². The van der Waals surface area contributed by atoms with Crippen LogP contribution in [-0.4, -0.2) is 54.2 Å². The number of aromatic hydroxyl groups is 1. The number of carbonyl (C=O) groups excluding carboxylic acids is 1. The minimum atomic E-state index is -5.46. The molecule has 3 nitrogen and oxygen atoms in total. The van der Waals surface area contributed by atoms with Crippen LogP contribution in [0, 0.1) is 23.2 Å². The topological polar surface area (TPSA) is 40.5 Å². The number of rotatable bonds is 15. The van der Waals surface area contributed by atoms with Crippen LogP contribution in [0.15, 0.2) is 18.2 Å². The molecular weight excluding hydrogens is 568 g/mol. The van der Waals surface area contributed by atoms with E-state index in [0.29, 0.717) is 31.6 Å². The number of hydrogen-bond acceptors (Lipinski definition) is 3. The number of phenolic OH excluding ortho intramolecular Hbond substituents is 1. The first-order chi connectivity index (χ1) is 20.2. The molecule has 3 aliphatic rings. The number of halogens is 6. The fourth-order valence-electron chi connectivity index (χ4n) is 8.49. The summed E-state index contributed by atoms with van der Waals surface area (Å²) in [4.78, 5) is 15.1. The van der Waals surface area contributed by atoms with Gasteiger partial charge in [-0.25, -0.2) is 4.39 Å². The van der Waals surface area contributed by atoms with E-state index in [1.165, 1.54) is 0 Å². The van der Waals surface area contributed by atoms with Gasteiger partial charge in [-0.2, -0.15) is 22.0 Å². The third-order valence-electron chi connectivity index (χ3n) is 10.8. The molecule has 0 aliphatic heterocycles. The zero-order valence-corrected chi connectivity index (χ0v) is 25.7. The Morgan fingerprint density at radius 2 is 1.58 bits per heavy atom. The van der Waals surface area contributed by atoms with Gasteiger partial charge in [0.2, 0.25) is 0 Å². The van der Waals surface area contributed by atoms with Gasteiger partial charge in [0.25, 0.3) is 0 Å². The zero-order valence-electron chi connectivity index (χ0n) is 25.7. The quantitative estimate of drug-likeness (QED) is 0.157. The predicted octanol–water partition coefficient (Wildman–Crippen LogP) is 9.41. The molecule has 0 bridgehead atoms. The fraction of sp³-hybridized carbons (Fsp3) is 0.794. The van der Waals surface area contributed by atoms with E-state index in [9.17, 15) is 31.9 Å². The lowest BCUT2D eigenvalue weighted by Gasteiger charge is -2.53. The molecule has 244 valence electrons. The fourth-order valence-corrected chi connectivity index (χ4v) is 8.49. The molecule has 0 amide bonds. The highest BCUT2D eigenvalue weighted by atomic mass is 19.4. The monoisotopic (exact) mass is 617 g/mol. The molecule has 6 atom stereocenters. The number of carbonyl (C=O) groups is 1. The second kappa shape index (κ2) is 14.1. The molecule has 9 heteroatoms. The van der Waals surface area contributed by atoms with Crippen LogP contribution in [0.1, 0.15) is 114 Å². The second-order valence-corrected chi connectivity index (χ2v) is 13.9. The van der Waals surface area contributed by atoms with Crippen molar-refractivity contribution in [3.63, 3.8) is 0 Å². The van der Waals surface area contributed by atoms with Crippen LogP contribution in [-0.2, 0) is 11.2 Å². The standard InChI is InChI=1S/C34H49F6NO2/c1-32-22-28(35)31-26-14-13-25(42)21-24(26)20-23(30(31)27(32)15-16-29(32)43)12-8-4-7-11-19-41(2)18-10-6-3-5-9-17-33(36,37)34(38,39)40/h13-14,21,23,27-28,30-31,42H,3-12,15-20,22H2,1-2H3/t23-,27+,28+,30+,31+,32+/m1/s1. The van der Waals surface area contributed by atoms with Gasteiger partial charge in [0.15, 0.2) is 0 Å². The average molecular weight is 618 g/mol. The summed E-state index contributed by atoms with van der Waals surface area (Å²) in [5, 5.41) is 10.1. The number of hydrogen-bond donors (Lipinski definition) is 1. The SMILES string of the molecule is CN(CCCCCCCC(F)(F)C(F)(F)F)CCCCCC[C@@H]1Cc2cc(O)ccc2[C@@H]2[C@@H]1[C@@H]1CCC(=O)[C@@]1(C)C[C@@H]2F. The Hall–Kier alpha value is -1.77. The van der Waals surface area contributed by atoms with E-state index in [0.717, 1.165) is 82.0 Å². The third-order valence-corrected chi connectivity index (χ3v) is 10.8. The van der Waals surface area contributed by atoms with Gasteiger partial charge in [-0.1, -0.05) is 51.5 Å². The van der Waals surface area contributed by atoms with Gasteiger partial charge in [0.1, 0.15) is 17.7 Å². The lowest BCUT2D eigenvalue weighted by Crippen LogP contribution is -2.50. The minimum Gasteiger partial charge on any atom is -0.508 e. The van der Waals surface area contributed by atoms with Gasteiger partial charge in [-0.05, 0) is 106 Å². The lowest BCUT2D eigenvalue weighted by atomic mass is 9.51. The summed E-state index contributed by atoms with van der Waals surface area (Å²) >= 11 is 0. The summed E-state index contributed by atoms with van der Waals surface area (Å²) in [5.74, 6) is -3.67. The normalized spacial score (nSPS) is 29.0. The Morgan fingerprint density at radius 3 is 2.26 bits per heavy atom. The molecule has 0 spiro atoms. The Balaban J connectivity index is 1.16. The van der Waals surface area contributed by atoms with Crippen LogP contribution in [0.4, 0.5) is 26.3 Å². The molecule has 3 aliphatic carbocycles. The van der Waals surface area contributed by atoms with Gasteiger partial charge in [-0.3, -0.25) is 4.79 Å². The molecule has 0 radical (unpaired) electrons. The number of phenols is 1. The van der Waals surface area contributed by atoms with Crippen LogP contribution in [0.2, 0.25) is 0 Å². The highest BCUT2D eigenvalue weighted by Crippen LogP contribution is 2.62. The molecule has 4 rings (SSSR count). The Kier molecular flexibility index (Phi) is 11.2. The van der Waals surface area contributed by atoms with E-state index < -0.39 is 30.1 Å². The highest BCUT2D eigenvalue weighted by molar-refractivity contribution is 5.87. The number of fused-ring (bicyclic) bond motifs is 5. The Labute approximate surface area is 252 Å². The van der Waals surface area contributed by atoms with Crippen molar-refractivity contribution in [2.45, 2.75) is 127 Å². The maximum absolute atomic E-state index is 15.9. The highest BCUT2D eigenvalue weighted by Gasteiger charge is 2.60. The van der Waals surface area contributed by atoms with Crippen LogP contribution >= 0.6 is 0 Å². The lowest BCUT2D eigenvalue weighted by molar-refractivity contribution is -0.284. The maximum atomic E-state index is 15.9. The Morgan fingerprint density at radius 1 is 0.953 bits per heavy atom. The Bertz CT molecular complexity index is 1080. The number of Topliss-reactive ketones (excluding diaryl/α,β-unsaturated/α-hetero) is 1. The van der Waals surface area contributed by atoms with Crippen molar-refractivity contribution in [2.75, 3.05) is 20.1 Å². The van der Waals surface area contributed by atoms with Crippen molar-refractivity contribution < 1.29 is 36.2 Å². The summed E-state index contributed by atoms with van der Waals surface area (Å²) < 4.78 is 78.4. The number of nitrogens with zero attached hydrogens (tertiary/aromatic N) is 1. The molecule has 0 saturated heterocycles. The van der Waals surface area contributed by atoms with Crippen LogP contribution in [0.5, 0.6) is 5.75 Å². The van der Waals surface area contributed by atoms with Crippen molar-refractivity contribution in [1.29, 1.82) is 0 Å². The molecule has 43 heavy (non-hydrogen) atoms. The number of benzene rings is 1. The molecular formula is C34H49F6NO2. The molecule has 2 fully saturated rings. The largest absolute Gasteiger partial charge is 0.508 e. The summed E-state index contributed by atoms with van der Waals surface area (Å²) in [6.07, 6.45) is 2.80. The van der Waals surface area contributed by atoms with Gasteiger partial charge in [-0.15, -0.1) is 0 Å². The van der Waals surface area contributed by atoms with Gasteiger partial charge >= 0.3 is 12.1 Å². The molecule has 0 unspecified atom stereocenters. The van der Waals surface area contributed by atoms with E-state index in [4.69, 9.17) is 0 Å². The van der Waals surface area contributed by atoms with Crippen molar-refractivity contribution in [3.8, 4) is 5.75 Å². The van der Waals surface area contributed by atoms with Crippen molar-refractivity contribution in [2.24, 2.45) is 23.2 Å². The van der Waals surface area contributed by atoms with Gasteiger partial charge < -0.3 is 10.0 Å². The third kappa shape index (κ3) is 7.91. The summed E-state index contributed by atoms with van der Waals surface area (Å²) in [6.45, 7) is 3.82. The van der Waals surface area contributed by atoms with Crippen LogP contribution < -0.4 is 0 Å². The first-order valence-electron chi connectivity index (χ1n) is 16.4. The number of alkyl halides is 6. The first kappa shape index (κ1) is 34.1.